The second-order valence-corrected chi connectivity index (χ2v) is 17.5. The van der Waals surface area contributed by atoms with Crippen LogP contribution >= 0.6 is 0 Å². The molecule has 0 bridgehead atoms. The molecule has 0 saturated heterocycles. The molecule has 11 aromatic rings. The van der Waals surface area contributed by atoms with Crippen molar-refractivity contribution in [3.63, 3.8) is 0 Å². The Morgan fingerprint density at radius 2 is 0.769 bits per heavy atom. The van der Waals surface area contributed by atoms with Crippen LogP contribution < -0.4 is 4.90 Å². The van der Waals surface area contributed by atoms with Crippen LogP contribution in [-0.4, -0.2) is 4.57 Å². The van der Waals surface area contributed by atoms with E-state index in [1.54, 1.807) is 0 Å². The Labute approximate surface area is 381 Å². The van der Waals surface area contributed by atoms with Crippen molar-refractivity contribution in [2.45, 2.75) is 19.3 Å². The normalized spacial score (nSPS) is 12.6. The van der Waals surface area contributed by atoms with E-state index in [9.17, 15) is 0 Å². The molecule has 0 fully saturated rings. The molecule has 0 spiro atoms. The SMILES string of the molecule is Cc1ccc(C2(c3ccc(C)cc3)c3ccccc3-n3c4ccc(-c5ccc(N(c6ccc(-c7ccccc7)cc6)c6ccc(-c7ccccc7)cc6)cc5)cc4c4cccc2c43)cc1. The van der Waals surface area contributed by atoms with Crippen molar-refractivity contribution in [2.24, 2.45) is 0 Å². The maximum absolute atomic E-state index is 2.52. The third-order valence-electron chi connectivity index (χ3n) is 13.6. The van der Waals surface area contributed by atoms with Crippen molar-refractivity contribution in [2.75, 3.05) is 4.90 Å². The van der Waals surface area contributed by atoms with Crippen LogP contribution in [0.15, 0.2) is 243 Å². The molecule has 10 aromatic carbocycles. The highest BCUT2D eigenvalue weighted by Gasteiger charge is 2.45. The predicted octanol–water partition coefficient (Wildman–Crippen LogP) is 16.6. The lowest BCUT2D eigenvalue weighted by atomic mass is 9.63. The summed E-state index contributed by atoms with van der Waals surface area (Å²) in [5, 5.41) is 2.51. The van der Waals surface area contributed by atoms with Gasteiger partial charge in [-0.15, -0.1) is 0 Å². The molecule has 0 saturated carbocycles. The first-order chi connectivity index (χ1) is 32.0. The van der Waals surface area contributed by atoms with Gasteiger partial charge in [0.15, 0.2) is 0 Å². The average molecular weight is 831 g/mol. The van der Waals surface area contributed by atoms with E-state index in [4.69, 9.17) is 0 Å². The summed E-state index contributed by atoms with van der Waals surface area (Å²) in [5.74, 6) is 0. The summed E-state index contributed by atoms with van der Waals surface area (Å²) in [4.78, 5) is 2.35. The highest BCUT2D eigenvalue weighted by Crippen LogP contribution is 2.54. The van der Waals surface area contributed by atoms with E-state index in [1.165, 1.54) is 94.3 Å². The highest BCUT2D eigenvalue weighted by atomic mass is 15.1. The molecule has 0 N–H and O–H groups in total. The third kappa shape index (κ3) is 6.32. The molecule has 2 nitrogen and oxygen atoms in total. The van der Waals surface area contributed by atoms with Gasteiger partial charge in [-0.1, -0.05) is 199 Å². The smallest absolute Gasteiger partial charge is 0.0742 e. The van der Waals surface area contributed by atoms with E-state index in [2.05, 4.69) is 266 Å². The number of anilines is 3. The standard InChI is InChI=1S/C63H46N2/c1-43-20-31-51(32-21-43)63(52-33-22-44(2)23-34-52)58-17-9-10-19-61(58)65-60-41-30-50(42-57(60)56-16-11-18-59(63)62(56)65)49-28-39-55(40-29-49)64(53-35-24-47(25-36-53)45-12-5-3-6-13-45)54-37-26-48(27-38-54)46-14-7-4-8-15-46/h3-42H,1-2H3. The van der Waals surface area contributed by atoms with Crippen LogP contribution in [0.5, 0.6) is 0 Å². The molecule has 0 radical (unpaired) electrons. The summed E-state index contributed by atoms with van der Waals surface area (Å²) < 4.78 is 2.52. The van der Waals surface area contributed by atoms with Crippen LogP contribution in [0.4, 0.5) is 17.1 Å². The van der Waals surface area contributed by atoms with Gasteiger partial charge in [0.1, 0.15) is 0 Å². The van der Waals surface area contributed by atoms with Crippen molar-refractivity contribution in [3.05, 3.63) is 276 Å². The highest BCUT2D eigenvalue weighted by molar-refractivity contribution is 6.13. The topological polar surface area (TPSA) is 8.17 Å². The van der Waals surface area contributed by atoms with Crippen molar-refractivity contribution >= 4 is 38.9 Å². The molecular formula is C63H46N2. The fourth-order valence-corrected chi connectivity index (χ4v) is 10.4. The van der Waals surface area contributed by atoms with Crippen molar-refractivity contribution in [3.8, 4) is 39.1 Å². The van der Waals surface area contributed by atoms with Crippen molar-refractivity contribution < 1.29 is 0 Å². The first kappa shape index (κ1) is 38.5. The van der Waals surface area contributed by atoms with Gasteiger partial charge in [0.05, 0.1) is 22.1 Å². The Hall–Kier alpha value is -8.20. The van der Waals surface area contributed by atoms with E-state index >= 15 is 0 Å². The number of aryl methyl sites for hydroxylation is 2. The third-order valence-corrected chi connectivity index (χ3v) is 13.6. The Bertz CT molecular complexity index is 3360. The van der Waals surface area contributed by atoms with Crippen LogP contribution in [0.1, 0.15) is 33.4 Å². The molecule has 0 aliphatic carbocycles. The summed E-state index contributed by atoms with van der Waals surface area (Å²) >= 11 is 0. The van der Waals surface area contributed by atoms with Gasteiger partial charge in [0.2, 0.25) is 0 Å². The second kappa shape index (κ2) is 15.6. The minimum absolute atomic E-state index is 0.504. The number of nitrogens with zero attached hydrogens (tertiary/aromatic N) is 2. The summed E-state index contributed by atoms with van der Waals surface area (Å²) in [7, 11) is 0. The molecule has 12 rings (SSSR count). The minimum Gasteiger partial charge on any atom is -0.311 e. The molecule has 0 unspecified atom stereocenters. The van der Waals surface area contributed by atoms with Crippen LogP contribution in [0, 0.1) is 13.8 Å². The lowest BCUT2D eigenvalue weighted by molar-refractivity contribution is 0.727. The number of rotatable bonds is 8. The maximum atomic E-state index is 2.52. The Balaban J connectivity index is 0.979. The maximum Gasteiger partial charge on any atom is 0.0742 e. The summed E-state index contributed by atoms with van der Waals surface area (Å²) in [5.41, 5.74) is 21.3. The summed E-state index contributed by atoms with van der Waals surface area (Å²) in [6, 6.07) is 89.5. The second-order valence-electron chi connectivity index (χ2n) is 17.5. The van der Waals surface area contributed by atoms with Gasteiger partial charge in [0, 0.05) is 27.8 Å². The number of hydrogen-bond acceptors (Lipinski definition) is 1. The lowest BCUT2D eigenvalue weighted by Crippen LogP contribution is -2.35. The van der Waals surface area contributed by atoms with Crippen LogP contribution in [-0.2, 0) is 5.41 Å². The van der Waals surface area contributed by atoms with Gasteiger partial charge in [-0.05, 0) is 124 Å². The quantitative estimate of drug-likeness (QED) is 0.148. The van der Waals surface area contributed by atoms with Crippen molar-refractivity contribution in [1.82, 2.24) is 4.57 Å². The van der Waals surface area contributed by atoms with Gasteiger partial charge >= 0.3 is 0 Å². The Morgan fingerprint density at radius 1 is 0.338 bits per heavy atom. The molecule has 65 heavy (non-hydrogen) atoms. The Morgan fingerprint density at radius 3 is 1.29 bits per heavy atom. The Kier molecular flexibility index (Phi) is 9.21. The van der Waals surface area contributed by atoms with E-state index in [0.717, 1.165) is 17.1 Å². The van der Waals surface area contributed by atoms with E-state index < -0.39 is 5.41 Å². The largest absolute Gasteiger partial charge is 0.311 e. The van der Waals surface area contributed by atoms with E-state index in [-0.39, 0.29) is 0 Å². The molecule has 1 aromatic heterocycles. The fourth-order valence-electron chi connectivity index (χ4n) is 10.4. The number of fused-ring (bicyclic) bond motifs is 5. The first-order valence-corrected chi connectivity index (χ1v) is 22.6. The molecule has 1 aliphatic heterocycles. The summed E-state index contributed by atoms with van der Waals surface area (Å²) in [6.45, 7) is 4.35. The number of benzene rings is 10. The van der Waals surface area contributed by atoms with Gasteiger partial charge in [-0.3, -0.25) is 0 Å². The zero-order valence-electron chi connectivity index (χ0n) is 36.5. The lowest BCUT2D eigenvalue weighted by Gasteiger charge is -2.41. The van der Waals surface area contributed by atoms with E-state index in [1.807, 2.05) is 0 Å². The molecule has 1 aliphatic rings. The van der Waals surface area contributed by atoms with Crippen molar-refractivity contribution in [1.29, 1.82) is 0 Å². The monoisotopic (exact) mass is 830 g/mol. The molecular weight excluding hydrogens is 785 g/mol. The molecule has 0 amide bonds. The zero-order chi connectivity index (χ0) is 43.5. The first-order valence-electron chi connectivity index (χ1n) is 22.6. The number of hydrogen-bond donors (Lipinski definition) is 0. The summed E-state index contributed by atoms with van der Waals surface area (Å²) in [6.07, 6.45) is 0. The number of para-hydroxylation sites is 2. The van der Waals surface area contributed by atoms with Crippen LogP contribution in [0.3, 0.4) is 0 Å². The predicted molar refractivity (Wildman–Crippen MR) is 273 cm³/mol. The fraction of sp³-hybridized carbons (Fsp3) is 0.0476. The van der Waals surface area contributed by atoms with Crippen LogP contribution in [0.25, 0.3) is 60.9 Å². The van der Waals surface area contributed by atoms with E-state index in [0.29, 0.717) is 0 Å². The van der Waals surface area contributed by atoms with Gasteiger partial charge in [-0.25, -0.2) is 0 Å². The van der Waals surface area contributed by atoms with Crippen LogP contribution in [0.2, 0.25) is 0 Å². The average Bonchev–Trinajstić information content (AvgIpc) is 3.71. The van der Waals surface area contributed by atoms with Gasteiger partial charge in [0.25, 0.3) is 0 Å². The molecule has 2 heteroatoms. The minimum atomic E-state index is -0.504. The molecule has 308 valence electrons. The van der Waals surface area contributed by atoms with Gasteiger partial charge in [-0.2, -0.15) is 0 Å². The molecule has 0 atom stereocenters. The molecule has 2 heterocycles. The number of aromatic nitrogens is 1. The van der Waals surface area contributed by atoms with Gasteiger partial charge < -0.3 is 9.47 Å². The zero-order valence-corrected chi connectivity index (χ0v) is 36.5.